The molecule has 0 bridgehead atoms. The van der Waals surface area contributed by atoms with Crippen molar-refractivity contribution in [3.63, 3.8) is 0 Å². The molecule has 0 atom stereocenters. The zero-order valence-corrected chi connectivity index (χ0v) is 31.4. The topological polar surface area (TPSA) is 13.1 Å². The summed E-state index contributed by atoms with van der Waals surface area (Å²) in [7, 11) is 0. The number of hydrogen-bond donors (Lipinski definition) is 0. The molecule has 2 aliphatic rings. The molecule has 0 saturated heterocycles. The number of fused-ring (bicyclic) bond motifs is 14. The summed E-state index contributed by atoms with van der Waals surface area (Å²) in [5, 5.41) is 12.7. The van der Waals surface area contributed by atoms with Gasteiger partial charge < -0.3 is 4.42 Å². The van der Waals surface area contributed by atoms with Crippen molar-refractivity contribution in [2.24, 2.45) is 0 Å². The number of rotatable bonds is 2. The fourth-order valence-corrected chi connectivity index (χ4v) is 11.2. The van der Waals surface area contributed by atoms with Gasteiger partial charge in [-0.3, -0.25) is 0 Å². The molecule has 2 aliphatic carbocycles. The van der Waals surface area contributed by atoms with Gasteiger partial charge in [0.15, 0.2) is 0 Å². The summed E-state index contributed by atoms with van der Waals surface area (Å²) in [6, 6.07) is 72.8. The summed E-state index contributed by atoms with van der Waals surface area (Å²) in [6.07, 6.45) is 0. The molecule has 1 aromatic heterocycles. The summed E-state index contributed by atoms with van der Waals surface area (Å²) in [5.41, 5.74) is 16.9. The van der Waals surface area contributed by atoms with E-state index in [2.05, 4.69) is 188 Å². The lowest BCUT2D eigenvalue weighted by Gasteiger charge is -2.31. The third-order valence-corrected chi connectivity index (χ3v) is 13.6. The molecule has 14 rings (SSSR count). The average molecular weight is 733 g/mol. The summed E-state index contributed by atoms with van der Waals surface area (Å²) in [6.45, 7) is 0. The van der Waals surface area contributed by atoms with Crippen LogP contribution in [0.15, 0.2) is 199 Å². The molecule has 0 saturated carbocycles. The lowest BCUT2D eigenvalue weighted by Crippen LogP contribution is -2.25. The standard InChI is InChI=1S/C57H32O/c1-4-16-49-41(12-1)42-13-2-5-17-50(42)57(49)51-30-37(40-25-21-35-20-19-33-9-7-10-34-22-28-46(40)56(35)55(33)34)23-26-43(51)48-32-47-36(29-52(48)57)11-8-15-39(47)38-24-27-45-44-14-3-6-18-53(44)58-54(45)31-38/h1-32H. The molecule has 58 heavy (non-hydrogen) atoms. The molecule has 0 N–H and O–H groups in total. The monoisotopic (exact) mass is 732 g/mol. The Morgan fingerprint density at radius 2 is 0.828 bits per heavy atom. The molecule has 1 heteroatoms. The van der Waals surface area contributed by atoms with Gasteiger partial charge in [-0.25, -0.2) is 0 Å². The molecule has 12 aromatic rings. The van der Waals surface area contributed by atoms with Crippen molar-refractivity contribution in [3.05, 3.63) is 216 Å². The van der Waals surface area contributed by atoms with E-state index in [1.54, 1.807) is 0 Å². The molecule has 1 heterocycles. The fourth-order valence-electron chi connectivity index (χ4n) is 11.2. The summed E-state index contributed by atoms with van der Waals surface area (Å²) >= 11 is 0. The molecule has 11 aromatic carbocycles. The molecule has 266 valence electrons. The Hall–Kier alpha value is -7.48. The van der Waals surface area contributed by atoms with Gasteiger partial charge in [-0.15, -0.1) is 0 Å². The molecule has 0 fully saturated rings. The Bertz CT molecular complexity index is 3690. The van der Waals surface area contributed by atoms with Crippen LogP contribution in [0, 0.1) is 0 Å². The van der Waals surface area contributed by atoms with Crippen molar-refractivity contribution in [2.45, 2.75) is 5.41 Å². The molecule has 0 aliphatic heterocycles. The highest BCUT2D eigenvalue weighted by Gasteiger charge is 2.51. The second kappa shape index (κ2) is 10.9. The Morgan fingerprint density at radius 1 is 0.276 bits per heavy atom. The number of benzene rings is 11. The largest absolute Gasteiger partial charge is 0.456 e. The molecule has 0 amide bonds. The van der Waals surface area contributed by atoms with Gasteiger partial charge in [0.1, 0.15) is 11.2 Å². The summed E-state index contributed by atoms with van der Waals surface area (Å²) < 4.78 is 6.38. The van der Waals surface area contributed by atoms with Crippen molar-refractivity contribution >= 4 is 65.0 Å². The first-order valence-electron chi connectivity index (χ1n) is 20.2. The van der Waals surface area contributed by atoms with Crippen molar-refractivity contribution in [3.8, 4) is 44.5 Å². The predicted octanol–water partition coefficient (Wildman–Crippen LogP) is 15.3. The van der Waals surface area contributed by atoms with Crippen molar-refractivity contribution < 1.29 is 4.42 Å². The van der Waals surface area contributed by atoms with Gasteiger partial charge in [0, 0.05) is 10.8 Å². The Balaban J connectivity index is 1.05. The van der Waals surface area contributed by atoms with Crippen LogP contribution in [0.3, 0.4) is 0 Å². The van der Waals surface area contributed by atoms with Crippen LogP contribution in [-0.2, 0) is 5.41 Å². The maximum absolute atomic E-state index is 6.38. The lowest BCUT2D eigenvalue weighted by molar-refractivity contribution is 0.669. The average Bonchev–Trinajstić information content (AvgIpc) is 3.90. The van der Waals surface area contributed by atoms with Gasteiger partial charge in [-0.1, -0.05) is 158 Å². The van der Waals surface area contributed by atoms with Crippen molar-refractivity contribution in [2.75, 3.05) is 0 Å². The van der Waals surface area contributed by atoms with E-state index >= 15 is 0 Å². The van der Waals surface area contributed by atoms with E-state index in [9.17, 15) is 0 Å². The summed E-state index contributed by atoms with van der Waals surface area (Å²) in [5.74, 6) is 0. The van der Waals surface area contributed by atoms with Crippen LogP contribution < -0.4 is 0 Å². The Kier molecular flexibility index (Phi) is 5.76. The van der Waals surface area contributed by atoms with Crippen molar-refractivity contribution in [1.82, 2.24) is 0 Å². The third-order valence-electron chi connectivity index (χ3n) is 13.6. The molecular weight excluding hydrogens is 701 g/mol. The van der Waals surface area contributed by atoms with E-state index in [0.717, 1.165) is 27.5 Å². The highest BCUT2D eigenvalue weighted by molar-refractivity contribution is 6.25. The van der Waals surface area contributed by atoms with Crippen LogP contribution in [0.2, 0.25) is 0 Å². The zero-order chi connectivity index (χ0) is 37.7. The maximum atomic E-state index is 6.38. The molecular formula is C57H32O. The first-order chi connectivity index (χ1) is 28.7. The molecule has 1 spiro atoms. The van der Waals surface area contributed by atoms with Crippen LogP contribution in [0.1, 0.15) is 22.3 Å². The maximum Gasteiger partial charge on any atom is 0.136 e. The minimum atomic E-state index is -0.463. The van der Waals surface area contributed by atoms with Crippen LogP contribution >= 0.6 is 0 Å². The SMILES string of the molecule is c1ccc2c(c1)-c1ccccc1C21c2cc(-c3ccc4ccc5cccc6ccc3c4c56)ccc2-c2cc3c(-c4ccc5c(c4)oc4ccccc45)cccc3cc21. The van der Waals surface area contributed by atoms with Gasteiger partial charge in [0.05, 0.1) is 5.41 Å². The van der Waals surface area contributed by atoms with E-state index in [1.165, 1.54) is 104 Å². The highest BCUT2D eigenvalue weighted by Crippen LogP contribution is 2.64. The van der Waals surface area contributed by atoms with Crippen LogP contribution in [0.25, 0.3) is 110 Å². The first-order valence-corrected chi connectivity index (χ1v) is 20.2. The second-order valence-electron chi connectivity index (χ2n) is 16.3. The van der Waals surface area contributed by atoms with E-state index in [-0.39, 0.29) is 0 Å². The van der Waals surface area contributed by atoms with Gasteiger partial charge >= 0.3 is 0 Å². The molecule has 0 unspecified atom stereocenters. The van der Waals surface area contributed by atoms with E-state index in [1.807, 2.05) is 6.07 Å². The quantitative estimate of drug-likeness (QED) is 0.161. The van der Waals surface area contributed by atoms with E-state index in [4.69, 9.17) is 4.42 Å². The van der Waals surface area contributed by atoms with Gasteiger partial charge in [-0.05, 0) is 146 Å². The van der Waals surface area contributed by atoms with Crippen molar-refractivity contribution in [1.29, 1.82) is 0 Å². The predicted molar refractivity (Wildman–Crippen MR) is 242 cm³/mol. The zero-order valence-electron chi connectivity index (χ0n) is 31.4. The normalized spacial score (nSPS) is 13.7. The van der Waals surface area contributed by atoms with Gasteiger partial charge in [-0.2, -0.15) is 0 Å². The molecule has 1 nitrogen and oxygen atoms in total. The summed E-state index contributed by atoms with van der Waals surface area (Å²) in [4.78, 5) is 0. The van der Waals surface area contributed by atoms with Crippen LogP contribution in [0.4, 0.5) is 0 Å². The minimum absolute atomic E-state index is 0.463. The smallest absolute Gasteiger partial charge is 0.136 e. The van der Waals surface area contributed by atoms with E-state index in [0.29, 0.717) is 0 Å². The van der Waals surface area contributed by atoms with E-state index < -0.39 is 5.41 Å². The first kappa shape index (κ1) is 30.7. The number of hydrogen-bond acceptors (Lipinski definition) is 1. The van der Waals surface area contributed by atoms with Crippen LogP contribution in [0.5, 0.6) is 0 Å². The minimum Gasteiger partial charge on any atom is -0.456 e. The fraction of sp³-hybridized carbons (Fsp3) is 0.0175. The van der Waals surface area contributed by atoms with Gasteiger partial charge in [0.2, 0.25) is 0 Å². The molecule has 0 radical (unpaired) electrons. The van der Waals surface area contributed by atoms with Crippen LogP contribution in [-0.4, -0.2) is 0 Å². The number of para-hydroxylation sites is 1. The highest BCUT2D eigenvalue weighted by atomic mass is 16.3. The Morgan fingerprint density at radius 3 is 1.67 bits per heavy atom. The Labute approximate surface area is 334 Å². The third kappa shape index (κ3) is 3.77. The second-order valence-corrected chi connectivity index (χ2v) is 16.3. The number of furan rings is 1. The lowest BCUT2D eigenvalue weighted by atomic mass is 9.70. The van der Waals surface area contributed by atoms with Gasteiger partial charge in [0.25, 0.3) is 0 Å².